The SMILES string of the molecule is O=C(c1ccccc1)c1cc(Nc2ccccc2)c(Nc2ccccc2)c(Nc2ccccc2)c1Nc1ccccc1. The van der Waals surface area contributed by atoms with Gasteiger partial charge in [-0.3, -0.25) is 4.79 Å². The number of carbonyl (C=O) groups excluding carboxylic acids is 1. The van der Waals surface area contributed by atoms with Crippen LogP contribution in [0.1, 0.15) is 15.9 Å². The summed E-state index contributed by atoms with van der Waals surface area (Å²) >= 11 is 0. The minimum Gasteiger partial charge on any atom is -0.354 e. The van der Waals surface area contributed by atoms with Gasteiger partial charge in [0, 0.05) is 28.3 Å². The van der Waals surface area contributed by atoms with Crippen LogP contribution in [0.4, 0.5) is 45.5 Å². The highest BCUT2D eigenvalue weighted by molar-refractivity contribution is 6.17. The molecule has 4 N–H and O–H groups in total. The normalized spacial score (nSPS) is 10.5. The molecule has 0 unspecified atom stereocenters. The van der Waals surface area contributed by atoms with Gasteiger partial charge < -0.3 is 21.3 Å². The number of hydrogen-bond acceptors (Lipinski definition) is 5. The van der Waals surface area contributed by atoms with Crippen LogP contribution < -0.4 is 21.3 Å². The number of nitrogens with one attached hydrogen (secondary N) is 4. The zero-order valence-corrected chi connectivity index (χ0v) is 22.9. The van der Waals surface area contributed by atoms with Gasteiger partial charge in [-0.2, -0.15) is 0 Å². The maximum Gasteiger partial charge on any atom is 0.195 e. The predicted molar refractivity (Wildman–Crippen MR) is 175 cm³/mol. The Balaban J connectivity index is 1.62. The molecule has 6 rings (SSSR count). The van der Waals surface area contributed by atoms with E-state index in [2.05, 4.69) is 21.3 Å². The highest BCUT2D eigenvalue weighted by Gasteiger charge is 2.24. The van der Waals surface area contributed by atoms with Gasteiger partial charge in [-0.05, 0) is 54.6 Å². The number of carbonyl (C=O) groups is 1. The third kappa shape index (κ3) is 6.16. The Hall–Kier alpha value is -5.81. The van der Waals surface area contributed by atoms with Gasteiger partial charge in [0.15, 0.2) is 5.78 Å². The first-order valence-corrected chi connectivity index (χ1v) is 13.8. The van der Waals surface area contributed by atoms with Crippen LogP contribution in [-0.4, -0.2) is 5.78 Å². The lowest BCUT2D eigenvalue weighted by Gasteiger charge is -2.25. The highest BCUT2D eigenvalue weighted by Crippen LogP contribution is 2.46. The fourth-order valence-electron chi connectivity index (χ4n) is 4.76. The zero-order chi connectivity index (χ0) is 28.6. The Labute approximate surface area is 245 Å². The molecular formula is C37H30N4O. The second-order valence-corrected chi connectivity index (χ2v) is 9.76. The molecule has 0 amide bonds. The summed E-state index contributed by atoms with van der Waals surface area (Å²) in [5.41, 5.74) is 7.64. The standard InChI is InChI=1S/C37H30N4O/c42-37(27-16-6-1-7-17-27)32-26-33(38-28-18-8-2-9-19-28)35(40-30-22-12-4-13-23-30)36(41-31-24-14-5-15-25-31)34(32)39-29-20-10-3-11-21-29/h1-26,38-41H. The van der Waals surface area contributed by atoms with Crippen molar-refractivity contribution in [1.82, 2.24) is 0 Å². The average Bonchev–Trinajstić information content (AvgIpc) is 3.05. The van der Waals surface area contributed by atoms with Gasteiger partial charge in [0.2, 0.25) is 0 Å². The van der Waals surface area contributed by atoms with Gasteiger partial charge >= 0.3 is 0 Å². The molecule has 0 aromatic heterocycles. The van der Waals surface area contributed by atoms with Gasteiger partial charge in [0.25, 0.3) is 0 Å². The first kappa shape index (κ1) is 26.4. The fourth-order valence-corrected chi connectivity index (χ4v) is 4.76. The topological polar surface area (TPSA) is 65.2 Å². The van der Waals surface area contributed by atoms with Crippen LogP contribution in [0.25, 0.3) is 0 Å². The smallest absolute Gasteiger partial charge is 0.195 e. The summed E-state index contributed by atoms with van der Waals surface area (Å²) in [4.78, 5) is 14.2. The monoisotopic (exact) mass is 546 g/mol. The lowest BCUT2D eigenvalue weighted by Crippen LogP contribution is -2.12. The van der Waals surface area contributed by atoms with Crippen LogP contribution in [-0.2, 0) is 0 Å². The Morgan fingerprint density at radius 3 is 1.19 bits per heavy atom. The van der Waals surface area contributed by atoms with Crippen molar-refractivity contribution in [3.63, 3.8) is 0 Å². The van der Waals surface area contributed by atoms with Gasteiger partial charge in [0.1, 0.15) is 0 Å². The van der Waals surface area contributed by atoms with Crippen LogP contribution in [0.2, 0.25) is 0 Å². The van der Waals surface area contributed by atoms with Crippen molar-refractivity contribution in [3.8, 4) is 0 Å². The molecule has 0 aliphatic rings. The number of ketones is 1. The van der Waals surface area contributed by atoms with Gasteiger partial charge in [-0.15, -0.1) is 0 Å². The Bertz CT molecular complexity index is 1760. The van der Waals surface area contributed by atoms with Crippen LogP contribution in [0.15, 0.2) is 158 Å². The molecule has 0 aliphatic carbocycles. The second kappa shape index (κ2) is 12.6. The number of para-hydroxylation sites is 4. The molecule has 0 atom stereocenters. The molecule has 6 aromatic carbocycles. The van der Waals surface area contributed by atoms with E-state index in [0.717, 1.165) is 39.8 Å². The van der Waals surface area contributed by atoms with Crippen molar-refractivity contribution in [1.29, 1.82) is 0 Å². The quantitative estimate of drug-likeness (QED) is 0.129. The van der Waals surface area contributed by atoms with E-state index < -0.39 is 0 Å². The molecule has 0 heterocycles. The minimum atomic E-state index is -0.0903. The first-order valence-electron chi connectivity index (χ1n) is 13.8. The largest absolute Gasteiger partial charge is 0.354 e. The van der Waals surface area contributed by atoms with Crippen LogP contribution in [0.5, 0.6) is 0 Å². The van der Waals surface area contributed by atoms with Gasteiger partial charge in [-0.1, -0.05) is 103 Å². The van der Waals surface area contributed by atoms with E-state index in [9.17, 15) is 4.79 Å². The molecular weight excluding hydrogens is 516 g/mol. The molecule has 5 nitrogen and oxygen atoms in total. The third-order valence-corrected chi connectivity index (χ3v) is 6.79. The van der Waals surface area contributed by atoms with E-state index in [1.807, 2.05) is 158 Å². The summed E-state index contributed by atoms with van der Waals surface area (Å²) in [6.07, 6.45) is 0. The molecule has 0 saturated heterocycles. The van der Waals surface area contributed by atoms with Crippen molar-refractivity contribution < 1.29 is 4.79 Å². The molecule has 0 spiro atoms. The van der Waals surface area contributed by atoms with E-state index in [1.165, 1.54) is 0 Å². The van der Waals surface area contributed by atoms with Crippen molar-refractivity contribution in [3.05, 3.63) is 169 Å². The number of hydrogen-bond donors (Lipinski definition) is 4. The van der Waals surface area contributed by atoms with Crippen LogP contribution >= 0.6 is 0 Å². The summed E-state index contributed by atoms with van der Waals surface area (Å²) in [6, 6.07) is 51.1. The van der Waals surface area contributed by atoms with Crippen molar-refractivity contribution in [2.24, 2.45) is 0 Å². The summed E-state index contributed by atoms with van der Waals surface area (Å²) in [5.74, 6) is -0.0903. The molecule has 204 valence electrons. The van der Waals surface area contributed by atoms with Crippen LogP contribution in [0, 0.1) is 0 Å². The molecule has 5 heteroatoms. The third-order valence-electron chi connectivity index (χ3n) is 6.79. The predicted octanol–water partition coefficient (Wildman–Crippen LogP) is 9.89. The second-order valence-electron chi connectivity index (χ2n) is 9.76. The van der Waals surface area contributed by atoms with Crippen molar-refractivity contribution in [2.75, 3.05) is 21.3 Å². The number of benzene rings is 6. The summed E-state index contributed by atoms with van der Waals surface area (Å²) in [5, 5.41) is 14.4. The first-order chi connectivity index (χ1) is 20.7. The Morgan fingerprint density at radius 1 is 0.381 bits per heavy atom. The van der Waals surface area contributed by atoms with Gasteiger partial charge in [-0.25, -0.2) is 0 Å². The molecule has 6 aromatic rings. The van der Waals surface area contributed by atoms with Gasteiger partial charge in [0.05, 0.1) is 28.3 Å². The molecule has 0 aliphatic heterocycles. The number of anilines is 8. The maximum atomic E-state index is 14.2. The number of rotatable bonds is 10. The molecule has 42 heavy (non-hydrogen) atoms. The molecule has 0 saturated carbocycles. The van der Waals surface area contributed by atoms with Crippen molar-refractivity contribution >= 4 is 51.3 Å². The molecule has 0 bridgehead atoms. The van der Waals surface area contributed by atoms with E-state index >= 15 is 0 Å². The lowest BCUT2D eigenvalue weighted by atomic mass is 9.97. The van der Waals surface area contributed by atoms with E-state index in [0.29, 0.717) is 16.8 Å². The summed E-state index contributed by atoms with van der Waals surface area (Å²) < 4.78 is 0. The zero-order valence-electron chi connectivity index (χ0n) is 22.9. The summed E-state index contributed by atoms with van der Waals surface area (Å²) in [7, 11) is 0. The fraction of sp³-hybridized carbons (Fsp3) is 0. The average molecular weight is 547 g/mol. The minimum absolute atomic E-state index is 0.0903. The molecule has 0 fully saturated rings. The Morgan fingerprint density at radius 2 is 0.738 bits per heavy atom. The highest BCUT2D eigenvalue weighted by atomic mass is 16.1. The Kier molecular flexibility index (Phi) is 7.91. The van der Waals surface area contributed by atoms with E-state index in [1.54, 1.807) is 0 Å². The molecule has 0 radical (unpaired) electrons. The van der Waals surface area contributed by atoms with Crippen molar-refractivity contribution in [2.45, 2.75) is 0 Å². The van der Waals surface area contributed by atoms with Crippen LogP contribution in [0.3, 0.4) is 0 Å². The maximum absolute atomic E-state index is 14.2. The van der Waals surface area contributed by atoms with E-state index in [-0.39, 0.29) is 5.78 Å². The summed E-state index contributed by atoms with van der Waals surface area (Å²) in [6.45, 7) is 0. The van der Waals surface area contributed by atoms with E-state index in [4.69, 9.17) is 0 Å². The lowest BCUT2D eigenvalue weighted by molar-refractivity contribution is 0.103.